The number of nitrogens with zero attached hydrogens (tertiary/aromatic N) is 5. The predicted molar refractivity (Wildman–Crippen MR) is 117 cm³/mol. The van der Waals surface area contributed by atoms with Crippen LogP contribution in [0.2, 0.25) is 0 Å². The number of benzene rings is 1. The number of rotatable bonds is 10. The number of imidazole rings is 1. The van der Waals surface area contributed by atoms with E-state index in [0.717, 1.165) is 29.2 Å². The second-order valence-corrected chi connectivity index (χ2v) is 7.71. The number of hydrogen-bond donors (Lipinski definition) is 2. The first kappa shape index (κ1) is 21.6. The summed E-state index contributed by atoms with van der Waals surface area (Å²) in [6, 6.07) is 7.85. The normalized spacial score (nSPS) is 13.2. The second kappa shape index (κ2) is 9.65. The van der Waals surface area contributed by atoms with Gasteiger partial charge in [0.15, 0.2) is 11.5 Å². The van der Waals surface area contributed by atoms with Crippen LogP contribution in [0.5, 0.6) is 11.5 Å². The Hall–Kier alpha value is -3.66. The average molecular weight is 438 g/mol. The molecule has 0 aliphatic carbocycles. The molecule has 0 radical (unpaired) electrons. The summed E-state index contributed by atoms with van der Waals surface area (Å²) in [6.07, 6.45) is 5.75. The number of nitrogens with one attached hydrogen (secondary N) is 1. The minimum atomic E-state index is -0.911. The zero-order chi connectivity index (χ0) is 22.5. The first-order valence-corrected chi connectivity index (χ1v) is 10.4. The molecule has 0 fully saturated rings. The van der Waals surface area contributed by atoms with Crippen molar-refractivity contribution < 1.29 is 19.4 Å². The lowest BCUT2D eigenvalue weighted by Gasteiger charge is -2.24. The van der Waals surface area contributed by atoms with E-state index in [4.69, 9.17) is 9.47 Å². The smallest absolute Gasteiger partial charge is 0.323 e. The van der Waals surface area contributed by atoms with Crippen molar-refractivity contribution in [2.24, 2.45) is 0 Å². The Morgan fingerprint density at radius 1 is 1.28 bits per heavy atom. The maximum absolute atomic E-state index is 11.5. The number of carbonyl (C=O) groups is 1. The van der Waals surface area contributed by atoms with Crippen LogP contribution in [0.25, 0.3) is 5.95 Å². The maximum atomic E-state index is 11.5. The molecular weight excluding hydrogens is 412 g/mol. The molecular formula is C22H26N6O4. The Kier molecular flexibility index (Phi) is 6.50. The van der Waals surface area contributed by atoms with Gasteiger partial charge >= 0.3 is 5.97 Å². The van der Waals surface area contributed by atoms with Crippen LogP contribution in [0.3, 0.4) is 0 Å². The van der Waals surface area contributed by atoms with E-state index in [1.54, 1.807) is 34.3 Å². The van der Waals surface area contributed by atoms with Crippen molar-refractivity contribution in [2.45, 2.75) is 32.9 Å². The molecule has 0 bridgehead atoms. The fraction of sp³-hybridized carbons (Fsp3) is 0.364. The Labute approximate surface area is 185 Å². The van der Waals surface area contributed by atoms with Crippen molar-refractivity contribution in [3.8, 4) is 17.4 Å². The van der Waals surface area contributed by atoms with Gasteiger partial charge < -0.3 is 24.8 Å². The summed E-state index contributed by atoms with van der Waals surface area (Å²) in [4.78, 5) is 26.3. The zero-order valence-corrected chi connectivity index (χ0v) is 18.1. The van der Waals surface area contributed by atoms with E-state index in [-0.39, 0.29) is 19.4 Å². The number of aliphatic carboxylic acids is 1. The summed E-state index contributed by atoms with van der Waals surface area (Å²) in [5.41, 5.74) is 1.85. The molecule has 0 amide bonds. The van der Waals surface area contributed by atoms with Gasteiger partial charge in [-0.2, -0.15) is 4.98 Å². The predicted octanol–water partition coefficient (Wildman–Crippen LogP) is 2.16. The number of carboxylic acid groups (broad SMARTS) is 1. The van der Waals surface area contributed by atoms with E-state index in [1.807, 2.05) is 25.1 Å². The van der Waals surface area contributed by atoms with E-state index in [1.165, 1.54) is 0 Å². The van der Waals surface area contributed by atoms with Crippen LogP contribution >= 0.6 is 0 Å². The quantitative estimate of drug-likeness (QED) is 0.491. The topological polar surface area (TPSA) is 115 Å². The Morgan fingerprint density at radius 3 is 2.91 bits per heavy atom. The number of aromatic nitrogens is 4. The van der Waals surface area contributed by atoms with E-state index in [2.05, 4.69) is 27.2 Å². The number of fused-ring (bicyclic) bond motifs is 1. The van der Waals surface area contributed by atoms with Crippen molar-refractivity contribution in [2.75, 3.05) is 24.8 Å². The number of ether oxygens (including phenoxy) is 2. The molecule has 32 heavy (non-hydrogen) atoms. The van der Waals surface area contributed by atoms with Gasteiger partial charge in [-0.05, 0) is 38.0 Å². The molecule has 3 aromatic rings. The number of carboxylic acids is 1. The number of aryl methyl sites for hydroxylation is 1. The highest BCUT2D eigenvalue weighted by Crippen LogP contribution is 2.32. The van der Waals surface area contributed by atoms with Crippen LogP contribution in [0.4, 0.5) is 5.82 Å². The Morgan fingerprint density at radius 2 is 2.12 bits per heavy atom. The molecule has 0 saturated carbocycles. The summed E-state index contributed by atoms with van der Waals surface area (Å²) in [5.74, 6) is 1.65. The molecule has 1 aromatic carbocycles. The molecule has 10 heteroatoms. The zero-order valence-electron chi connectivity index (χ0n) is 18.1. The molecule has 2 aromatic heterocycles. The van der Waals surface area contributed by atoms with Crippen molar-refractivity contribution >= 4 is 11.8 Å². The van der Waals surface area contributed by atoms with Gasteiger partial charge in [-0.3, -0.25) is 9.36 Å². The Bertz CT molecular complexity index is 1070. The van der Waals surface area contributed by atoms with Crippen LogP contribution < -0.4 is 19.7 Å². The molecule has 10 nitrogen and oxygen atoms in total. The molecule has 4 rings (SSSR count). The number of hydrogen-bond acceptors (Lipinski definition) is 8. The second-order valence-electron chi connectivity index (χ2n) is 7.71. The average Bonchev–Trinajstić information content (AvgIpc) is 3.46. The third kappa shape index (κ3) is 5.33. The SMILES string of the molecule is Cc1cc(N(CCC(C)NCc2ccc3c(c2)OCO3)CC(=O)O)nc(-n2ccnc2)n1. The first-order chi connectivity index (χ1) is 15.5. The van der Waals surface area contributed by atoms with Crippen molar-refractivity contribution in [3.05, 3.63) is 54.2 Å². The molecule has 168 valence electrons. The van der Waals surface area contributed by atoms with Gasteiger partial charge in [0, 0.05) is 43.3 Å². The van der Waals surface area contributed by atoms with Gasteiger partial charge in [0.25, 0.3) is 0 Å². The fourth-order valence-electron chi connectivity index (χ4n) is 3.42. The standard InChI is InChI=1S/C22H26N6O4/c1-15(24-11-17-3-4-18-19(10-17)32-14-31-18)5-7-27(12-21(29)30)20-9-16(2)25-22(26-20)28-8-6-23-13-28/h3-4,6,8-10,13,15,24H,5,7,11-12,14H2,1-2H3,(H,29,30). The molecule has 1 unspecified atom stereocenters. The molecule has 2 N–H and O–H groups in total. The van der Waals surface area contributed by atoms with Gasteiger partial charge in [-0.1, -0.05) is 6.07 Å². The van der Waals surface area contributed by atoms with Crippen LogP contribution in [0, 0.1) is 6.92 Å². The van der Waals surface area contributed by atoms with Gasteiger partial charge in [0.2, 0.25) is 12.7 Å². The molecule has 1 aliphatic heterocycles. The summed E-state index contributed by atoms with van der Waals surface area (Å²) < 4.78 is 12.5. The Balaban J connectivity index is 1.39. The fourth-order valence-corrected chi connectivity index (χ4v) is 3.42. The maximum Gasteiger partial charge on any atom is 0.323 e. The molecule has 3 heterocycles. The molecule has 1 atom stereocenters. The lowest BCUT2D eigenvalue weighted by atomic mass is 10.1. The largest absolute Gasteiger partial charge is 0.480 e. The minimum absolute atomic E-state index is 0.144. The summed E-state index contributed by atoms with van der Waals surface area (Å²) in [7, 11) is 0. The van der Waals surface area contributed by atoms with E-state index in [0.29, 0.717) is 24.9 Å². The highest BCUT2D eigenvalue weighted by atomic mass is 16.7. The van der Waals surface area contributed by atoms with Crippen LogP contribution in [-0.2, 0) is 11.3 Å². The van der Waals surface area contributed by atoms with Gasteiger partial charge in [-0.25, -0.2) is 9.97 Å². The van der Waals surface area contributed by atoms with Crippen molar-refractivity contribution in [1.82, 2.24) is 24.8 Å². The minimum Gasteiger partial charge on any atom is -0.480 e. The van der Waals surface area contributed by atoms with Crippen LogP contribution in [0.1, 0.15) is 24.6 Å². The van der Waals surface area contributed by atoms with Gasteiger partial charge in [0.05, 0.1) is 0 Å². The first-order valence-electron chi connectivity index (χ1n) is 10.4. The van der Waals surface area contributed by atoms with Gasteiger partial charge in [-0.15, -0.1) is 0 Å². The lowest BCUT2D eigenvalue weighted by molar-refractivity contribution is -0.135. The molecule has 1 aliphatic rings. The summed E-state index contributed by atoms with van der Waals surface area (Å²) in [5, 5.41) is 12.9. The van der Waals surface area contributed by atoms with E-state index in [9.17, 15) is 9.90 Å². The van der Waals surface area contributed by atoms with Gasteiger partial charge in [0.1, 0.15) is 18.7 Å². The number of anilines is 1. The highest BCUT2D eigenvalue weighted by Gasteiger charge is 2.17. The third-order valence-electron chi connectivity index (χ3n) is 5.14. The third-order valence-corrected chi connectivity index (χ3v) is 5.14. The van der Waals surface area contributed by atoms with Crippen molar-refractivity contribution in [1.29, 1.82) is 0 Å². The monoisotopic (exact) mass is 438 g/mol. The highest BCUT2D eigenvalue weighted by molar-refractivity contribution is 5.73. The molecule has 0 spiro atoms. The van der Waals surface area contributed by atoms with E-state index >= 15 is 0 Å². The summed E-state index contributed by atoms with van der Waals surface area (Å²) in [6.45, 7) is 5.26. The van der Waals surface area contributed by atoms with Crippen molar-refractivity contribution in [3.63, 3.8) is 0 Å². The van der Waals surface area contributed by atoms with E-state index < -0.39 is 5.97 Å². The van der Waals surface area contributed by atoms with Crippen LogP contribution in [0.15, 0.2) is 43.0 Å². The van der Waals surface area contributed by atoms with Crippen LogP contribution in [-0.4, -0.2) is 56.5 Å². The molecule has 0 saturated heterocycles. The summed E-state index contributed by atoms with van der Waals surface area (Å²) >= 11 is 0. The lowest BCUT2D eigenvalue weighted by Crippen LogP contribution is -2.36.